The summed E-state index contributed by atoms with van der Waals surface area (Å²) < 4.78 is 21.3. The third kappa shape index (κ3) is 5.78. The fraction of sp³-hybridized carbons (Fsp3) is 0.429. The Morgan fingerprint density at radius 2 is 1.31 bits per heavy atom. The lowest BCUT2D eigenvalue weighted by atomic mass is 9.70. The fourth-order valence-corrected chi connectivity index (χ4v) is 12.2. The Labute approximate surface area is 355 Å². The van der Waals surface area contributed by atoms with Crippen molar-refractivity contribution in [2.24, 2.45) is 10.8 Å². The minimum atomic E-state index is -0.499. The summed E-state index contributed by atoms with van der Waals surface area (Å²) in [6.07, 6.45) is 9.17. The Bertz CT molecular complexity index is 2660. The Kier molecular flexibility index (Phi) is 9.70. The van der Waals surface area contributed by atoms with Gasteiger partial charge >= 0.3 is 11.9 Å². The molecule has 12 nitrogen and oxygen atoms in total. The van der Waals surface area contributed by atoms with Gasteiger partial charge in [-0.05, 0) is 98.4 Å². The number of methoxy groups -OCH3 is 3. The summed E-state index contributed by atoms with van der Waals surface area (Å²) in [6.45, 7) is 5.31. The maximum absolute atomic E-state index is 14.2. The zero-order chi connectivity index (χ0) is 42.4. The van der Waals surface area contributed by atoms with Crippen LogP contribution >= 0.6 is 0 Å². The number of anilines is 1. The molecular weight excluding hydrogens is 771 g/mol. The van der Waals surface area contributed by atoms with Crippen LogP contribution in [-0.2, 0) is 31.9 Å². The van der Waals surface area contributed by atoms with Crippen LogP contribution in [0.5, 0.6) is 5.75 Å². The topological polar surface area (TPSA) is 131 Å². The van der Waals surface area contributed by atoms with Crippen LogP contribution in [0.3, 0.4) is 0 Å². The summed E-state index contributed by atoms with van der Waals surface area (Å²) in [7, 11) is 4.55. The molecule has 2 aromatic heterocycles. The quantitative estimate of drug-likeness (QED) is 0.131. The van der Waals surface area contributed by atoms with Gasteiger partial charge in [0, 0.05) is 52.3 Å². The van der Waals surface area contributed by atoms with E-state index in [4.69, 9.17) is 14.2 Å². The molecule has 2 fully saturated rings. The second-order valence-corrected chi connectivity index (χ2v) is 17.7. The second-order valence-electron chi connectivity index (χ2n) is 17.7. The van der Waals surface area contributed by atoms with Gasteiger partial charge in [-0.25, -0.2) is 9.59 Å². The van der Waals surface area contributed by atoms with Gasteiger partial charge in [-0.15, -0.1) is 0 Å². The van der Waals surface area contributed by atoms with Gasteiger partial charge in [-0.1, -0.05) is 62.4 Å². The molecule has 318 valence electrons. The van der Waals surface area contributed by atoms with E-state index in [1.54, 1.807) is 7.11 Å². The van der Waals surface area contributed by atoms with Crippen molar-refractivity contribution in [2.45, 2.75) is 89.5 Å². The molecule has 0 amide bonds. The lowest BCUT2D eigenvalue weighted by Gasteiger charge is -2.50. The highest BCUT2D eigenvalue weighted by Gasteiger charge is 2.52. The molecule has 5 aliphatic heterocycles. The van der Waals surface area contributed by atoms with Gasteiger partial charge in [-0.3, -0.25) is 0 Å². The highest BCUT2D eigenvalue weighted by Crippen LogP contribution is 2.57. The SMILES string of the molecule is CC[C@]12C=C(C(=O)OC)c3c(CC4Nc5ccc(OC)cc5CC4c4c5n(c6ccccc46)[C@H]4N(O)CCC[C@@]4(CC)C=C5C(=O)OC)c4ccccc4n3[C@H]1N(O)CCC2. The molecule has 0 aliphatic carbocycles. The third-order valence-electron chi connectivity index (χ3n) is 15.0. The van der Waals surface area contributed by atoms with Crippen molar-refractivity contribution in [3.8, 4) is 5.75 Å². The maximum Gasteiger partial charge on any atom is 0.339 e. The van der Waals surface area contributed by atoms with Crippen LogP contribution in [0.4, 0.5) is 5.69 Å². The van der Waals surface area contributed by atoms with Crippen LogP contribution in [0.25, 0.3) is 33.0 Å². The number of benzene rings is 3. The minimum Gasteiger partial charge on any atom is -0.497 e. The molecular formula is C49H55N5O7. The van der Waals surface area contributed by atoms with E-state index in [2.05, 4.69) is 76.8 Å². The molecule has 0 saturated carbocycles. The summed E-state index contributed by atoms with van der Waals surface area (Å²) in [4.78, 5) is 28.3. The average molecular weight is 826 g/mol. The Hall–Kier alpha value is -5.40. The number of para-hydroxylation sites is 2. The Balaban J connectivity index is 1.23. The molecule has 0 radical (unpaired) electrons. The molecule has 7 heterocycles. The number of ether oxygens (including phenoxy) is 3. The van der Waals surface area contributed by atoms with Crippen molar-refractivity contribution >= 4 is 50.6 Å². The highest BCUT2D eigenvalue weighted by atomic mass is 16.5. The summed E-state index contributed by atoms with van der Waals surface area (Å²) in [5.74, 6) is -0.280. The zero-order valence-electron chi connectivity index (χ0n) is 35.6. The number of carbonyl (C=O) groups excluding carboxylic acids is 2. The number of piperidine rings is 2. The van der Waals surface area contributed by atoms with Gasteiger partial charge in [0.15, 0.2) is 0 Å². The predicted molar refractivity (Wildman–Crippen MR) is 233 cm³/mol. The Morgan fingerprint density at radius 1 is 0.754 bits per heavy atom. The summed E-state index contributed by atoms with van der Waals surface area (Å²) in [5, 5.41) is 32.5. The standard InChI is InChI=1S/C49H55N5O7/c1-6-48-20-12-22-51(57)46(48)53-39-16-10-8-14-31(39)33(42(53)35(27-48)44(55)60-4)26-38-34(25-29-24-30(59-3)18-19-37(29)50-38)41-32-15-9-11-17-40(32)54-43(41)36(45(56)61-5)28-49(7-2)21-13-23-52(58)47(49)54/h8-11,14-19,24,27-28,34,38,46-47,50,57-58H,6-7,12-13,20-23,25-26H2,1-5H3/t34?,38?,46-,47-,48+,49+/m1/s1. The van der Waals surface area contributed by atoms with Crippen LogP contribution in [0, 0.1) is 10.8 Å². The second kappa shape index (κ2) is 14.9. The van der Waals surface area contributed by atoms with Gasteiger partial charge in [0.25, 0.3) is 0 Å². The van der Waals surface area contributed by atoms with E-state index in [-0.39, 0.29) is 12.0 Å². The van der Waals surface area contributed by atoms with Gasteiger partial charge in [0.05, 0.1) is 54.9 Å². The van der Waals surface area contributed by atoms with E-state index in [0.29, 0.717) is 37.1 Å². The molecule has 0 bridgehead atoms. The van der Waals surface area contributed by atoms with Gasteiger partial charge in [0.2, 0.25) is 0 Å². The van der Waals surface area contributed by atoms with E-state index in [1.807, 2.05) is 30.3 Å². The van der Waals surface area contributed by atoms with Gasteiger partial charge in [-0.2, -0.15) is 10.1 Å². The van der Waals surface area contributed by atoms with Crippen LogP contribution in [0.2, 0.25) is 0 Å². The number of aromatic nitrogens is 2. The van der Waals surface area contributed by atoms with E-state index < -0.39 is 35.1 Å². The van der Waals surface area contributed by atoms with Crippen LogP contribution in [0.1, 0.15) is 98.7 Å². The first-order chi connectivity index (χ1) is 29.6. The zero-order valence-corrected chi connectivity index (χ0v) is 35.6. The molecule has 6 atom stereocenters. The van der Waals surface area contributed by atoms with Gasteiger partial charge < -0.3 is 39.1 Å². The molecule has 10 rings (SSSR count). The summed E-state index contributed by atoms with van der Waals surface area (Å²) in [6, 6.07) is 22.4. The van der Waals surface area contributed by atoms with Crippen LogP contribution in [0.15, 0.2) is 78.9 Å². The van der Waals surface area contributed by atoms with Crippen molar-refractivity contribution < 1.29 is 34.2 Å². The minimum absolute atomic E-state index is 0.221. The average Bonchev–Trinajstić information content (AvgIpc) is 3.80. The van der Waals surface area contributed by atoms with E-state index >= 15 is 0 Å². The lowest BCUT2D eigenvalue weighted by Crippen LogP contribution is -2.49. The number of rotatable bonds is 8. The molecule has 2 saturated heterocycles. The maximum atomic E-state index is 14.2. The smallest absolute Gasteiger partial charge is 0.339 e. The Morgan fingerprint density at radius 3 is 1.90 bits per heavy atom. The van der Waals surface area contributed by atoms with Crippen molar-refractivity contribution in [3.05, 3.63) is 107 Å². The molecule has 61 heavy (non-hydrogen) atoms. The monoisotopic (exact) mass is 825 g/mol. The number of hydrogen-bond donors (Lipinski definition) is 3. The van der Waals surface area contributed by atoms with Crippen LogP contribution in [-0.4, -0.2) is 82.1 Å². The summed E-state index contributed by atoms with van der Waals surface area (Å²) >= 11 is 0. The molecule has 2 unspecified atom stereocenters. The number of hydrogen-bond acceptors (Lipinski definition) is 10. The third-order valence-corrected chi connectivity index (χ3v) is 15.0. The normalized spacial score (nSPS) is 27.1. The van der Waals surface area contributed by atoms with Crippen molar-refractivity contribution in [1.29, 1.82) is 0 Å². The predicted octanol–water partition coefficient (Wildman–Crippen LogP) is 8.87. The van der Waals surface area contributed by atoms with E-state index in [1.165, 1.54) is 24.3 Å². The first-order valence-corrected chi connectivity index (χ1v) is 21.8. The molecule has 3 aromatic carbocycles. The van der Waals surface area contributed by atoms with Crippen LogP contribution < -0.4 is 10.1 Å². The number of carbonyl (C=O) groups is 2. The van der Waals surface area contributed by atoms with Gasteiger partial charge in [0.1, 0.15) is 18.1 Å². The summed E-state index contributed by atoms with van der Waals surface area (Å²) in [5.41, 5.74) is 7.50. The number of nitrogens with zero attached hydrogens (tertiary/aromatic N) is 4. The molecule has 3 N–H and O–H groups in total. The number of hydroxylamine groups is 4. The van der Waals surface area contributed by atoms with Crippen molar-refractivity contribution in [2.75, 3.05) is 39.7 Å². The largest absolute Gasteiger partial charge is 0.497 e. The first kappa shape index (κ1) is 39.7. The lowest BCUT2D eigenvalue weighted by molar-refractivity contribution is -0.203. The number of fused-ring (bicyclic) bond motifs is 11. The molecule has 12 heteroatoms. The van der Waals surface area contributed by atoms with Crippen molar-refractivity contribution in [3.63, 3.8) is 0 Å². The first-order valence-electron chi connectivity index (χ1n) is 21.8. The number of esters is 2. The molecule has 5 aromatic rings. The highest BCUT2D eigenvalue weighted by molar-refractivity contribution is 6.19. The fourth-order valence-electron chi connectivity index (χ4n) is 12.2. The van der Waals surface area contributed by atoms with E-state index in [0.717, 1.165) is 99.8 Å². The molecule has 5 aliphatic rings. The van der Waals surface area contributed by atoms with Crippen molar-refractivity contribution in [1.82, 2.24) is 19.3 Å². The van der Waals surface area contributed by atoms with E-state index in [9.17, 15) is 20.0 Å². The molecule has 0 spiro atoms. The number of nitrogens with one attached hydrogen (secondary N) is 1.